The second-order valence-corrected chi connectivity index (χ2v) is 9.54. The minimum Gasteiger partial charge on any atom is -0.497 e. The summed E-state index contributed by atoms with van der Waals surface area (Å²) in [7, 11) is 2.88. The maximum atomic E-state index is 15.3. The van der Waals surface area contributed by atoms with E-state index in [1.165, 1.54) is 38.5 Å². The standard InChI is InChI=1S/C26H28FN5O5S/c1-36-15-11-12-19(37-2)16(13-15)22(25(34)30-14-7-3-4-8-14)32(18-10-6-5-9-17(18)27)26(35)23-20(28)21(24(29)33)31-38-23/h5-6,9-14,22H,3-4,7-8,28H2,1-2H3,(H2,29,33)(H,30,34). The van der Waals surface area contributed by atoms with E-state index in [4.69, 9.17) is 20.9 Å². The van der Waals surface area contributed by atoms with Crippen LogP contribution in [0.3, 0.4) is 0 Å². The first-order valence-corrected chi connectivity index (χ1v) is 12.7. The lowest BCUT2D eigenvalue weighted by molar-refractivity contribution is -0.123. The molecule has 1 atom stereocenters. The molecule has 10 nitrogen and oxygen atoms in total. The highest BCUT2D eigenvalue weighted by atomic mass is 32.1. The summed E-state index contributed by atoms with van der Waals surface area (Å²) in [5.41, 5.74) is 11.0. The lowest BCUT2D eigenvalue weighted by atomic mass is 10.00. The van der Waals surface area contributed by atoms with Crippen molar-refractivity contribution in [3.05, 3.63) is 64.4 Å². The molecule has 1 aromatic heterocycles. The lowest BCUT2D eigenvalue weighted by Gasteiger charge is -2.33. The van der Waals surface area contributed by atoms with Crippen molar-refractivity contribution in [1.82, 2.24) is 9.69 Å². The predicted octanol–water partition coefficient (Wildman–Crippen LogP) is 3.43. The summed E-state index contributed by atoms with van der Waals surface area (Å²) in [5, 5.41) is 3.01. The van der Waals surface area contributed by atoms with Crippen LogP contribution in [0, 0.1) is 5.82 Å². The number of hydrogen-bond donors (Lipinski definition) is 3. The Morgan fingerprint density at radius 1 is 1.13 bits per heavy atom. The quantitative estimate of drug-likeness (QED) is 0.376. The van der Waals surface area contributed by atoms with E-state index in [-0.39, 0.29) is 39.3 Å². The van der Waals surface area contributed by atoms with Crippen molar-refractivity contribution < 1.29 is 28.2 Å². The van der Waals surface area contributed by atoms with Crippen molar-refractivity contribution >= 4 is 40.6 Å². The Balaban J connectivity index is 1.94. The monoisotopic (exact) mass is 541 g/mol. The van der Waals surface area contributed by atoms with Gasteiger partial charge in [0.1, 0.15) is 28.2 Å². The van der Waals surface area contributed by atoms with E-state index >= 15 is 4.39 Å². The van der Waals surface area contributed by atoms with Gasteiger partial charge in [-0.3, -0.25) is 19.3 Å². The molecule has 0 spiro atoms. The minimum atomic E-state index is -1.40. The van der Waals surface area contributed by atoms with Gasteiger partial charge in [-0.15, -0.1) is 0 Å². The highest BCUT2D eigenvalue weighted by Crippen LogP contribution is 2.39. The zero-order chi connectivity index (χ0) is 27.4. The van der Waals surface area contributed by atoms with Gasteiger partial charge in [0, 0.05) is 11.6 Å². The largest absolute Gasteiger partial charge is 0.497 e. The second-order valence-electron chi connectivity index (χ2n) is 8.77. The van der Waals surface area contributed by atoms with E-state index in [1.54, 1.807) is 18.2 Å². The Morgan fingerprint density at radius 2 is 1.84 bits per heavy atom. The van der Waals surface area contributed by atoms with Gasteiger partial charge in [-0.1, -0.05) is 25.0 Å². The summed E-state index contributed by atoms with van der Waals surface area (Å²) in [6.45, 7) is 0. The van der Waals surface area contributed by atoms with Gasteiger partial charge in [-0.25, -0.2) is 4.39 Å². The van der Waals surface area contributed by atoms with Crippen molar-refractivity contribution in [3.8, 4) is 11.5 Å². The summed E-state index contributed by atoms with van der Waals surface area (Å²) in [5.74, 6) is -2.37. The van der Waals surface area contributed by atoms with E-state index < -0.39 is 29.6 Å². The average Bonchev–Trinajstić information content (AvgIpc) is 3.56. The highest BCUT2D eigenvalue weighted by molar-refractivity contribution is 7.09. The van der Waals surface area contributed by atoms with Crippen molar-refractivity contribution in [2.45, 2.75) is 37.8 Å². The fourth-order valence-electron chi connectivity index (χ4n) is 4.55. The van der Waals surface area contributed by atoms with Crippen molar-refractivity contribution in [3.63, 3.8) is 0 Å². The number of nitrogen functional groups attached to an aromatic ring is 1. The van der Waals surface area contributed by atoms with Crippen LogP contribution in [-0.4, -0.2) is 42.4 Å². The molecule has 1 heterocycles. The number of anilines is 2. The molecule has 200 valence electrons. The van der Waals surface area contributed by atoms with E-state index in [2.05, 4.69) is 9.69 Å². The first-order valence-electron chi connectivity index (χ1n) is 11.9. The Hall–Kier alpha value is -4.19. The van der Waals surface area contributed by atoms with Crippen molar-refractivity contribution in [2.75, 3.05) is 24.9 Å². The van der Waals surface area contributed by atoms with Crippen molar-refractivity contribution in [2.24, 2.45) is 5.73 Å². The average molecular weight is 542 g/mol. The minimum absolute atomic E-state index is 0.103. The summed E-state index contributed by atoms with van der Waals surface area (Å²) in [6.07, 6.45) is 3.49. The molecule has 3 aromatic rings. The van der Waals surface area contributed by atoms with E-state index in [0.717, 1.165) is 30.6 Å². The smallest absolute Gasteiger partial charge is 0.273 e. The number of hydrogen-bond acceptors (Lipinski definition) is 8. The third-order valence-corrected chi connectivity index (χ3v) is 7.28. The lowest BCUT2D eigenvalue weighted by Crippen LogP contribution is -2.46. The molecule has 0 bridgehead atoms. The fourth-order valence-corrected chi connectivity index (χ4v) is 5.29. The predicted molar refractivity (Wildman–Crippen MR) is 141 cm³/mol. The third kappa shape index (κ3) is 5.25. The number of primary amides is 1. The number of rotatable bonds is 9. The number of para-hydroxylation sites is 1. The second kappa shape index (κ2) is 11.5. The SMILES string of the molecule is COc1ccc(OC)c(C(C(=O)NC2CCCC2)N(C(=O)c2snc(C(N)=O)c2N)c2ccccc2F)c1. The van der Waals surface area contributed by atoms with Crippen LogP contribution in [0.5, 0.6) is 11.5 Å². The van der Waals surface area contributed by atoms with Crippen LogP contribution in [0.15, 0.2) is 42.5 Å². The summed E-state index contributed by atoms with van der Waals surface area (Å²) in [6, 6.07) is 8.86. The molecule has 1 saturated carbocycles. The van der Waals surface area contributed by atoms with Crippen LogP contribution >= 0.6 is 11.5 Å². The molecule has 2 aromatic carbocycles. The van der Waals surface area contributed by atoms with Gasteiger partial charge in [0.25, 0.3) is 11.8 Å². The Bertz CT molecular complexity index is 1360. The maximum Gasteiger partial charge on any atom is 0.273 e. The fraction of sp³-hybridized carbons (Fsp3) is 0.308. The van der Waals surface area contributed by atoms with Gasteiger partial charge in [-0.05, 0) is 54.7 Å². The number of nitrogens with two attached hydrogens (primary N) is 2. The zero-order valence-electron chi connectivity index (χ0n) is 20.9. The molecule has 3 amide bonds. The van der Waals surface area contributed by atoms with Crippen LogP contribution in [0.4, 0.5) is 15.8 Å². The molecule has 5 N–H and O–H groups in total. The Morgan fingerprint density at radius 3 is 2.45 bits per heavy atom. The number of carbonyl (C=O) groups is 3. The van der Waals surface area contributed by atoms with E-state index in [1.807, 2.05) is 0 Å². The number of benzene rings is 2. The van der Waals surface area contributed by atoms with Gasteiger partial charge in [0.05, 0.1) is 25.6 Å². The summed E-state index contributed by atoms with van der Waals surface area (Å²) in [4.78, 5) is 40.7. The molecule has 0 radical (unpaired) electrons. The van der Waals surface area contributed by atoms with E-state index in [9.17, 15) is 14.4 Å². The van der Waals surface area contributed by atoms with Gasteiger partial charge in [0.15, 0.2) is 5.69 Å². The summed E-state index contributed by atoms with van der Waals surface area (Å²) >= 11 is 0.639. The number of methoxy groups -OCH3 is 2. The number of carbonyl (C=O) groups excluding carboxylic acids is 3. The first-order chi connectivity index (χ1) is 18.3. The van der Waals surface area contributed by atoms with Gasteiger partial charge >= 0.3 is 0 Å². The van der Waals surface area contributed by atoms with Gasteiger partial charge in [-0.2, -0.15) is 4.37 Å². The van der Waals surface area contributed by atoms with Crippen LogP contribution in [0.1, 0.15) is 57.4 Å². The third-order valence-electron chi connectivity index (χ3n) is 6.43. The number of aromatic nitrogens is 1. The molecular weight excluding hydrogens is 513 g/mol. The topological polar surface area (TPSA) is 150 Å². The molecule has 12 heteroatoms. The number of ether oxygens (including phenoxy) is 2. The van der Waals surface area contributed by atoms with Gasteiger partial charge in [0.2, 0.25) is 5.91 Å². The van der Waals surface area contributed by atoms with Crippen LogP contribution < -0.4 is 31.2 Å². The Labute approximate surface area is 222 Å². The molecule has 1 aliphatic carbocycles. The van der Waals surface area contributed by atoms with Crippen LogP contribution in [-0.2, 0) is 4.79 Å². The van der Waals surface area contributed by atoms with Gasteiger partial charge < -0.3 is 26.3 Å². The molecule has 1 aliphatic rings. The molecule has 4 rings (SSSR count). The summed E-state index contributed by atoms with van der Waals surface area (Å²) < 4.78 is 30.2. The van der Waals surface area contributed by atoms with Crippen molar-refractivity contribution in [1.29, 1.82) is 0 Å². The van der Waals surface area contributed by atoms with Crippen LogP contribution in [0.25, 0.3) is 0 Å². The number of nitrogens with one attached hydrogen (secondary N) is 1. The molecule has 1 unspecified atom stereocenters. The molecular formula is C26H28FN5O5S. The first kappa shape index (κ1) is 26.9. The Kier molecular flexibility index (Phi) is 8.10. The number of amides is 3. The highest BCUT2D eigenvalue weighted by Gasteiger charge is 2.39. The maximum absolute atomic E-state index is 15.3. The zero-order valence-corrected chi connectivity index (χ0v) is 21.7. The normalized spacial score (nSPS) is 14.1. The number of nitrogens with zero attached hydrogens (tertiary/aromatic N) is 2. The number of halogens is 1. The molecule has 0 aliphatic heterocycles. The molecule has 1 fully saturated rings. The molecule has 0 saturated heterocycles. The molecule has 38 heavy (non-hydrogen) atoms. The van der Waals surface area contributed by atoms with E-state index in [0.29, 0.717) is 17.3 Å². The van der Waals surface area contributed by atoms with Crippen LogP contribution in [0.2, 0.25) is 0 Å².